The first-order valence-corrected chi connectivity index (χ1v) is 9.37. The lowest BCUT2D eigenvalue weighted by atomic mass is 10.0. The molecule has 0 spiro atoms. The molecule has 8 heteroatoms. The standard InChI is InChI=1S/C20H19N5O3/c26-19(13-24-16-6-2-1-5-15(16)21-22-24)23-11-9-14(10-12-23)25-17-7-3-4-8-18(17)28-20(25)27/h1-8,14H,9-13H2. The van der Waals surface area contributed by atoms with Crippen molar-refractivity contribution in [1.29, 1.82) is 0 Å². The van der Waals surface area contributed by atoms with E-state index in [-0.39, 0.29) is 24.2 Å². The molecule has 1 aliphatic heterocycles. The van der Waals surface area contributed by atoms with E-state index in [2.05, 4.69) is 10.3 Å². The third kappa shape index (κ3) is 2.77. The zero-order valence-corrected chi connectivity index (χ0v) is 15.2. The SMILES string of the molecule is O=C(Cn1nnc2ccccc21)N1CCC(n2c(=O)oc3ccccc32)CC1. The van der Waals surface area contributed by atoms with Gasteiger partial charge in [0.15, 0.2) is 5.58 Å². The molecule has 28 heavy (non-hydrogen) atoms. The Morgan fingerprint density at radius 2 is 1.75 bits per heavy atom. The van der Waals surface area contributed by atoms with Gasteiger partial charge in [-0.2, -0.15) is 0 Å². The van der Waals surface area contributed by atoms with Crippen LogP contribution in [0, 0.1) is 0 Å². The number of amides is 1. The van der Waals surface area contributed by atoms with Crippen molar-refractivity contribution in [3.05, 3.63) is 59.1 Å². The molecule has 0 radical (unpaired) electrons. The Balaban J connectivity index is 1.29. The second-order valence-corrected chi connectivity index (χ2v) is 7.05. The van der Waals surface area contributed by atoms with Gasteiger partial charge in [0, 0.05) is 19.1 Å². The Labute approximate surface area is 160 Å². The van der Waals surface area contributed by atoms with E-state index >= 15 is 0 Å². The maximum absolute atomic E-state index is 12.7. The van der Waals surface area contributed by atoms with E-state index in [4.69, 9.17) is 4.42 Å². The van der Waals surface area contributed by atoms with Crippen molar-refractivity contribution in [1.82, 2.24) is 24.5 Å². The first-order chi connectivity index (χ1) is 13.7. The molecular weight excluding hydrogens is 358 g/mol. The minimum Gasteiger partial charge on any atom is -0.408 e. The minimum atomic E-state index is -0.333. The van der Waals surface area contributed by atoms with Crippen molar-refractivity contribution in [2.75, 3.05) is 13.1 Å². The molecule has 1 saturated heterocycles. The summed E-state index contributed by atoms with van der Waals surface area (Å²) in [5.41, 5.74) is 3.04. The van der Waals surface area contributed by atoms with E-state index < -0.39 is 0 Å². The van der Waals surface area contributed by atoms with Crippen LogP contribution in [0.25, 0.3) is 22.1 Å². The van der Waals surface area contributed by atoms with Gasteiger partial charge in [-0.25, -0.2) is 9.48 Å². The van der Waals surface area contributed by atoms with Crippen LogP contribution in [0.4, 0.5) is 0 Å². The first kappa shape index (κ1) is 16.7. The smallest absolute Gasteiger partial charge is 0.408 e. The van der Waals surface area contributed by atoms with E-state index in [1.54, 1.807) is 15.3 Å². The number of hydrogen-bond donors (Lipinski definition) is 0. The summed E-state index contributed by atoms with van der Waals surface area (Å²) >= 11 is 0. The van der Waals surface area contributed by atoms with E-state index in [0.29, 0.717) is 31.5 Å². The summed E-state index contributed by atoms with van der Waals surface area (Å²) in [6.45, 7) is 1.37. The van der Waals surface area contributed by atoms with Crippen molar-refractivity contribution in [3.63, 3.8) is 0 Å². The lowest BCUT2D eigenvalue weighted by Crippen LogP contribution is -2.41. The molecule has 1 fully saturated rings. The maximum atomic E-state index is 12.7. The third-order valence-corrected chi connectivity index (χ3v) is 5.41. The van der Waals surface area contributed by atoms with Crippen molar-refractivity contribution >= 4 is 28.0 Å². The summed E-state index contributed by atoms with van der Waals surface area (Å²) < 4.78 is 8.71. The van der Waals surface area contributed by atoms with E-state index in [0.717, 1.165) is 16.6 Å². The van der Waals surface area contributed by atoms with E-state index in [9.17, 15) is 9.59 Å². The molecule has 2 aromatic carbocycles. The summed E-state index contributed by atoms with van der Waals surface area (Å²) in [6, 6.07) is 15.1. The number of para-hydroxylation sites is 3. The van der Waals surface area contributed by atoms with Gasteiger partial charge in [0.2, 0.25) is 5.91 Å². The molecule has 3 heterocycles. The lowest BCUT2D eigenvalue weighted by Gasteiger charge is -2.32. The highest BCUT2D eigenvalue weighted by Gasteiger charge is 2.27. The van der Waals surface area contributed by atoms with E-state index in [1.165, 1.54) is 0 Å². The Morgan fingerprint density at radius 1 is 1.04 bits per heavy atom. The molecule has 0 saturated carbocycles. The second-order valence-electron chi connectivity index (χ2n) is 7.05. The quantitative estimate of drug-likeness (QED) is 0.546. The Kier molecular flexibility index (Phi) is 3.96. The van der Waals surface area contributed by atoms with Crippen molar-refractivity contribution < 1.29 is 9.21 Å². The molecule has 1 amide bonds. The Hall–Kier alpha value is -3.42. The van der Waals surface area contributed by atoms with Crippen LogP contribution in [0.5, 0.6) is 0 Å². The zero-order valence-electron chi connectivity index (χ0n) is 15.2. The number of hydrogen-bond acceptors (Lipinski definition) is 5. The molecule has 0 atom stereocenters. The van der Waals surface area contributed by atoms with Gasteiger partial charge in [0.25, 0.3) is 0 Å². The van der Waals surface area contributed by atoms with Crippen LogP contribution in [-0.2, 0) is 11.3 Å². The van der Waals surface area contributed by atoms with Gasteiger partial charge < -0.3 is 9.32 Å². The highest BCUT2D eigenvalue weighted by Crippen LogP contribution is 2.25. The second kappa shape index (κ2) is 6.63. The summed E-state index contributed by atoms with van der Waals surface area (Å²) in [4.78, 5) is 26.9. The molecule has 1 aliphatic rings. The van der Waals surface area contributed by atoms with Crippen molar-refractivity contribution in [3.8, 4) is 0 Å². The van der Waals surface area contributed by atoms with Gasteiger partial charge in [0.1, 0.15) is 12.1 Å². The van der Waals surface area contributed by atoms with Crippen LogP contribution >= 0.6 is 0 Å². The average Bonchev–Trinajstić information content (AvgIpc) is 3.28. The molecule has 2 aromatic heterocycles. The topological polar surface area (TPSA) is 86.2 Å². The number of piperidine rings is 1. The molecule has 142 valence electrons. The normalized spacial score (nSPS) is 15.5. The van der Waals surface area contributed by atoms with Crippen LogP contribution in [0.3, 0.4) is 0 Å². The van der Waals surface area contributed by atoms with Gasteiger partial charge in [-0.05, 0) is 37.1 Å². The van der Waals surface area contributed by atoms with Crippen LogP contribution in [0.2, 0.25) is 0 Å². The molecule has 8 nitrogen and oxygen atoms in total. The van der Waals surface area contributed by atoms with Crippen molar-refractivity contribution in [2.24, 2.45) is 0 Å². The molecule has 0 bridgehead atoms. The number of nitrogens with zero attached hydrogens (tertiary/aromatic N) is 5. The number of carbonyl (C=O) groups excluding carboxylic acids is 1. The molecule has 0 unspecified atom stereocenters. The van der Waals surface area contributed by atoms with Gasteiger partial charge in [-0.3, -0.25) is 9.36 Å². The van der Waals surface area contributed by atoms with Gasteiger partial charge >= 0.3 is 5.76 Å². The zero-order chi connectivity index (χ0) is 19.1. The maximum Gasteiger partial charge on any atom is 0.420 e. The molecule has 4 aromatic rings. The monoisotopic (exact) mass is 377 g/mol. The van der Waals surface area contributed by atoms with E-state index in [1.807, 2.05) is 47.4 Å². The molecule has 5 rings (SSSR count). The number of likely N-dealkylation sites (tertiary alicyclic amines) is 1. The van der Waals surface area contributed by atoms with Crippen LogP contribution in [-0.4, -0.2) is 43.5 Å². The summed E-state index contributed by atoms with van der Waals surface area (Å²) in [6.07, 6.45) is 1.43. The molecule has 0 N–H and O–H groups in total. The first-order valence-electron chi connectivity index (χ1n) is 9.37. The van der Waals surface area contributed by atoms with Gasteiger partial charge in [-0.1, -0.05) is 29.5 Å². The van der Waals surface area contributed by atoms with Crippen molar-refractivity contribution in [2.45, 2.75) is 25.4 Å². The fourth-order valence-electron chi connectivity index (χ4n) is 3.97. The number of fused-ring (bicyclic) bond motifs is 2. The largest absolute Gasteiger partial charge is 0.420 e. The molecule has 0 aliphatic carbocycles. The number of oxazole rings is 1. The fraction of sp³-hybridized carbons (Fsp3) is 0.300. The predicted octanol–water partition coefficient (Wildman–Crippen LogP) is 2.20. The minimum absolute atomic E-state index is 0.0125. The Morgan fingerprint density at radius 3 is 2.57 bits per heavy atom. The number of carbonyl (C=O) groups is 1. The number of benzene rings is 2. The summed E-state index contributed by atoms with van der Waals surface area (Å²) in [5.74, 6) is -0.321. The van der Waals surface area contributed by atoms with Gasteiger partial charge in [0.05, 0.1) is 11.0 Å². The lowest BCUT2D eigenvalue weighted by molar-refractivity contribution is -0.133. The van der Waals surface area contributed by atoms with Crippen LogP contribution < -0.4 is 5.76 Å². The third-order valence-electron chi connectivity index (χ3n) is 5.41. The van der Waals surface area contributed by atoms with Gasteiger partial charge in [-0.15, -0.1) is 5.10 Å². The van der Waals surface area contributed by atoms with Crippen LogP contribution in [0.1, 0.15) is 18.9 Å². The summed E-state index contributed by atoms with van der Waals surface area (Å²) in [5, 5.41) is 8.19. The Bertz CT molecular complexity index is 1210. The highest BCUT2D eigenvalue weighted by atomic mass is 16.4. The van der Waals surface area contributed by atoms with Crippen LogP contribution in [0.15, 0.2) is 57.7 Å². The highest BCUT2D eigenvalue weighted by molar-refractivity contribution is 5.80. The number of rotatable bonds is 3. The number of aromatic nitrogens is 4. The fourth-order valence-corrected chi connectivity index (χ4v) is 3.97. The average molecular weight is 377 g/mol. The predicted molar refractivity (Wildman–Crippen MR) is 103 cm³/mol. The summed E-state index contributed by atoms with van der Waals surface area (Å²) in [7, 11) is 0. The molecular formula is C20H19N5O3.